The van der Waals surface area contributed by atoms with Crippen LogP contribution in [-0.4, -0.2) is 55.7 Å². The maximum atomic E-state index is 13.3. The highest BCUT2D eigenvalue weighted by Crippen LogP contribution is 2.46. The number of esters is 1. The van der Waals surface area contributed by atoms with Crippen molar-refractivity contribution in [1.82, 2.24) is 4.90 Å². The van der Waals surface area contributed by atoms with Crippen molar-refractivity contribution in [1.29, 1.82) is 0 Å². The van der Waals surface area contributed by atoms with Crippen LogP contribution < -0.4 is 0 Å². The zero-order chi connectivity index (χ0) is 22.6. The number of carbonyl (C=O) groups is 2. The minimum absolute atomic E-state index is 0.157. The van der Waals surface area contributed by atoms with Crippen LogP contribution in [0.4, 0.5) is 4.79 Å². The third-order valence-corrected chi connectivity index (χ3v) is 7.36. The minimum Gasteiger partial charge on any atom is -0.468 e. The van der Waals surface area contributed by atoms with Gasteiger partial charge in [-0.3, -0.25) is 4.79 Å². The number of amides is 1. The molecule has 4 atom stereocenters. The second-order valence-electron chi connectivity index (χ2n) is 8.13. The molecule has 0 bridgehead atoms. The highest BCUT2D eigenvalue weighted by atomic mass is 32.1. The molecule has 0 N–H and O–H groups in total. The second kappa shape index (κ2) is 10.0. The molecule has 4 rings (SSSR count). The smallest absolute Gasteiger partial charge is 0.410 e. The first-order valence-corrected chi connectivity index (χ1v) is 11.8. The molecule has 0 radical (unpaired) electrons. The van der Waals surface area contributed by atoms with Gasteiger partial charge >= 0.3 is 12.1 Å². The second-order valence-corrected chi connectivity index (χ2v) is 9.07. The summed E-state index contributed by atoms with van der Waals surface area (Å²) in [5.41, 5.74) is -0.260. The number of hydrogen-bond acceptors (Lipinski definition) is 7. The van der Waals surface area contributed by atoms with Gasteiger partial charge in [-0.2, -0.15) is 0 Å². The summed E-state index contributed by atoms with van der Waals surface area (Å²) in [6.45, 7) is 2.84. The van der Waals surface area contributed by atoms with Crippen LogP contribution in [0.1, 0.15) is 36.6 Å². The average Bonchev–Trinajstić information content (AvgIpc) is 3.46. The molecule has 2 aromatic rings. The van der Waals surface area contributed by atoms with E-state index in [4.69, 9.17) is 18.9 Å². The molecule has 2 fully saturated rings. The monoisotopic (exact) mass is 459 g/mol. The number of hydrogen-bond donors (Lipinski definition) is 0. The fourth-order valence-corrected chi connectivity index (χ4v) is 5.67. The van der Waals surface area contributed by atoms with Gasteiger partial charge in [0.25, 0.3) is 0 Å². The van der Waals surface area contributed by atoms with Gasteiger partial charge in [-0.1, -0.05) is 36.4 Å². The van der Waals surface area contributed by atoms with Gasteiger partial charge < -0.3 is 23.8 Å². The van der Waals surface area contributed by atoms with Gasteiger partial charge in [0.15, 0.2) is 6.29 Å². The summed E-state index contributed by atoms with van der Waals surface area (Å²) in [4.78, 5) is 28.8. The molecule has 32 heavy (non-hydrogen) atoms. The molecule has 2 aliphatic rings. The van der Waals surface area contributed by atoms with Gasteiger partial charge in [-0.05, 0) is 43.2 Å². The van der Waals surface area contributed by atoms with Crippen LogP contribution in [0, 0.1) is 0 Å². The Kier molecular flexibility index (Phi) is 7.13. The van der Waals surface area contributed by atoms with Crippen LogP contribution in [0.15, 0.2) is 47.8 Å². The number of ether oxygens (including phenoxy) is 4. The molecular formula is C24H29NO6S. The Morgan fingerprint density at radius 2 is 2.00 bits per heavy atom. The van der Waals surface area contributed by atoms with Gasteiger partial charge in [0.05, 0.1) is 19.7 Å². The highest BCUT2D eigenvalue weighted by Gasteiger charge is 2.63. The standard InChI is InChI=1S/C24H29NO6S/c1-17-24(22(26)28-2,20-11-8-14-32-20)19(31-21-12-6-7-13-29-21)15-25(17)23(27)30-16-18-9-4-3-5-10-18/h3-5,8-11,14,17,19,21H,6-7,12-13,15-16H2,1-2H3. The lowest BCUT2D eigenvalue weighted by Gasteiger charge is -2.37. The zero-order valence-electron chi connectivity index (χ0n) is 18.4. The van der Waals surface area contributed by atoms with Crippen molar-refractivity contribution in [3.63, 3.8) is 0 Å². The van der Waals surface area contributed by atoms with E-state index in [1.807, 2.05) is 54.8 Å². The van der Waals surface area contributed by atoms with Crippen LogP contribution in [0.3, 0.4) is 0 Å². The van der Waals surface area contributed by atoms with Crippen LogP contribution >= 0.6 is 11.3 Å². The first-order chi connectivity index (χ1) is 15.6. The Bertz CT molecular complexity index is 898. The van der Waals surface area contributed by atoms with Gasteiger partial charge in [0.2, 0.25) is 0 Å². The summed E-state index contributed by atoms with van der Waals surface area (Å²) >= 11 is 1.46. The molecule has 4 unspecified atom stereocenters. The maximum absolute atomic E-state index is 13.3. The number of thiophene rings is 1. The van der Waals surface area contributed by atoms with Crippen molar-refractivity contribution in [3.05, 3.63) is 58.3 Å². The molecule has 0 aliphatic carbocycles. The van der Waals surface area contributed by atoms with Crippen molar-refractivity contribution in [2.75, 3.05) is 20.3 Å². The summed E-state index contributed by atoms with van der Waals surface area (Å²) in [5, 5.41) is 1.91. The zero-order valence-corrected chi connectivity index (χ0v) is 19.2. The summed E-state index contributed by atoms with van der Waals surface area (Å²) in [6.07, 6.45) is 1.24. The Labute approximate surface area is 192 Å². The summed E-state index contributed by atoms with van der Waals surface area (Å²) in [5.74, 6) is -0.424. The average molecular weight is 460 g/mol. The lowest BCUT2D eigenvalue weighted by Crippen LogP contribution is -2.53. The van der Waals surface area contributed by atoms with Crippen molar-refractivity contribution < 1.29 is 28.5 Å². The van der Waals surface area contributed by atoms with Gasteiger partial charge in [0.1, 0.15) is 18.1 Å². The van der Waals surface area contributed by atoms with Gasteiger partial charge in [-0.15, -0.1) is 11.3 Å². The fraction of sp³-hybridized carbons (Fsp3) is 0.500. The van der Waals surface area contributed by atoms with E-state index in [0.717, 1.165) is 29.7 Å². The first-order valence-electron chi connectivity index (χ1n) is 10.9. The van der Waals surface area contributed by atoms with E-state index in [1.54, 1.807) is 4.90 Å². The Hall–Kier alpha value is -2.42. The van der Waals surface area contributed by atoms with Crippen molar-refractivity contribution in [3.8, 4) is 0 Å². The van der Waals surface area contributed by atoms with Crippen molar-refractivity contribution in [2.45, 2.75) is 56.6 Å². The van der Waals surface area contributed by atoms with E-state index in [9.17, 15) is 9.59 Å². The Balaban J connectivity index is 1.62. The number of carbonyl (C=O) groups excluding carboxylic acids is 2. The maximum Gasteiger partial charge on any atom is 0.410 e. The third-order valence-electron chi connectivity index (χ3n) is 6.34. The highest BCUT2D eigenvalue weighted by molar-refractivity contribution is 7.10. The number of methoxy groups -OCH3 is 1. The van der Waals surface area contributed by atoms with E-state index < -0.39 is 35.9 Å². The molecular weight excluding hydrogens is 430 g/mol. The van der Waals surface area contributed by atoms with E-state index >= 15 is 0 Å². The number of likely N-dealkylation sites (tertiary alicyclic amines) is 1. The van der Waals surface area contributed by atoms with Crippen molar-refractivity contribution in [2.24, 2.45) is 0 Å². The molecule has 1 amide bonds. The molecule has 2 saturated heterocycles. The lowest BCUT2D eigenvalue weighted by atomic mass is 9.77. The van der Waals surface area contributed by atoms with Crippen LogP contribution in [-0.2, 0) is 35.8 Å². The van der Waals surface area contributed by atoms with E-state index in [-0.39, 0.29) is 13.2 Å². The summed E-state index contributed by atoms with van der Waals surface area (Å²) < 4.78 is 23.0. The lowest BCUT2D eigenvalue weighted by molar-refractivity contribution is -0.201. The van der Waals surface area contributed by atoms with Crippen LogP contribution in [0.5, 0.6) is 0 Å². The number of nitrogens with zero attached hydrogens (tertiary/aromatic N) is 1. The van der Waals surface area contributed by atoms with E-state index in [2.05, 4.69) is 0 Å². The largest absolute Gasteiger partial charge is 0.468 e. The molecule has 1 aromatic heterocycles. The summed E-state index contributed by atoms with van der Waals surface area (Å²) in [6, 6.07) is 12.8. The molecule has 3 heterocycles. The molecule has 1 aromatic carbocycles. The SMILES string of the molecule is COC(=O)C1(c2cccs2)C(OC2CCCCO2)CN(C(=O)OCc2ccccc2)C1C. The number of rotatable bonds is 6. The molecule has 0 spiro atoms. The van der Waals surface area contributed by atoms with E-state index in [0.29, 0.717) is 6.61 Å². The Morgan fingerprint density at radius 3 is 2.66 bits per heavy atom. The fourth-order valence-electron chi connectivity index (χ4n) is 4.63. The molecule has 7 nitrogen and oxygen atoms in total. The minimum atomic E-state index is -1.16. The van der Waals surface area contributed by atoms with E-state index in [1.165, 1.54) is 18.4 Å². The molecule has 8 heteroatoms. The third kappa shape index (κ3) is 4.27. The predicted octanol–water partition coefficient (Wildman–Crippen LogP) is 4.11. The van der Waals surface area contributed by atoms with Crippen LogP contribution in [0.25, 0.3) is 0 Å². The molecule has 172 valence electrons. The molecule has 2 aliphatic heterocycles. The normalized spacial score (nSPS) is 27.8. The molecule has 0 saturated carbocycles. The topological polar surface area (TPSA) is 74.3 Å². The quantitative estimate of drug-likeness (QED) is 0.605. The summed E-state index contributed by atoms with van der Waals surface area (Å²) in [7, 11) is 1.37. The van der Waals surface area contributed by atoms with Gasteiger partial charge in [-0.25, -0.2) is 4.79 Å². The number of benzene rings is 1. The van der Waals surface area contributed by atoms with Crippen molar-refractivity contribution >= 4 is 23.4 Å². The first kappa shape index (κ1) is 22.8. The predicted molar refractivity (Wildman–Crippen MR) is 119 cm³/mol. The Morgan fingerprint density at radius 1 is 1.19 bits per heavy atom. The van der Waals surface area contributed by atoms with Crippen LogP contribution in [0.2, 0.25) is 0 Å². The van der Waals surface area contributed by atoms with Gasteiger partial charge in [0, 0.05) is 11.5 Å².